The Morgan fingerprint density at radius 2 is 1.78 bits per heavy atom. The summed E-state index contributed by atoms with van der Waals surface area (Å²) in [6.45, 7) is 5.03. The largest absolute Gasteiger partial charge is 0.478 e. The molecule has 6 heteroatoms. The smallest absolute Gasteiger partial charge is 0.337 e. The number of aromatic carboxylic acids is 2. The van der Waals surface area contributed by atoms with Gasteiger partial charge in [0.1, 0.15) is 6.61 Å². The van der Waals surface area contributed by atoms with E-state index in [1.807, 2.05) is 0 Å². The Morgan fingerprint density at radius 3 is 2.35 bits per heavy atom. The van der Waals surface area contributed by atoms with Gasteiger partial charge in [-0.15, -0.1) is 0 Å². The molecular weight excluding hydrogens is 300 g/mol. The molecule has 0 saturated heterocycles. The van der Waals surface area contributed by atoms with Gasteiger partial charge in [0.05, 0.1) is 11.1 Å². The topological polar surface area (TPSA) is 101 Å². The summed E-state index contributed by atoms with van der Waals surface area (Å²) in [5, 5.41) is 19.2. The van der Waals surface area contributed by atoms with Crippen molar-refractivity contribution in [3.8, 4) is 0 Å². The molecule has 6 nitrogen and oxygen atoms in total. The molecule has 23 heavy (non-hydrogen) atoms. The molecule has 2 rings (SSSR count). The van der Waals surface area contributed by atoms with Gasteiger partial charge in [-0.1, -0.05) is 24.8 Å². The summed E-state index contributed by atoms with van der Waals surface area (Å²) in [5.41, 5.74) is 0.406. The summed E-state index contributed by atoms with van der Waals surface area (Å²) in [5.74, 6) is -3.13. The highest BCUT2D eigenvalue weighted by atomic mass is 16.5. The van der Waals surface area contributed by atoms with Gasteiger partial charge in [-0.05, 0) is 35.4 Å². The van der Waals surface area contributed by atoms with E-state index in [4.69, 9.17) is 9.84 Å². The van der Waals surface area contributed by atoms with E-state index in [1.165, 1.54) is 25.1 Å². The second-order valence-electron chi connectivity index (χ2n) is 5.01. The first-order valence-electron chi connectivity index (χ1n) is 6.66. The van der Waals surface area contributed by atoms with Crippen LogP contribution in [0, 0.1) is 0 Å². The van der Waals surface area contributed by atoms with Crippen LogP contribution in [0.2, 0.25) is 0 Å². The third-order valence-electron chi connectivity index (χ3n) is 3.25. The Hall–Kier alpha value is -3.15. The van der Waals surface area contributed by atoms with Gasteiger partial charge in [-0.25, -0.2) is 14.4 Å². The minimum atomic E-state index is -1.31. The molecule has 0 aromatic heterocycles. The van der Waals surface area contributed by atoms with Crippen molar-refractivity contribution in [2.24, 2.45) is 0 Å². The Morgan fingerprint density at radius 1 is 1.09 bits per heavy atom. The molecule has 0 aliphatic heterocycles. The Bertz CT molecular complexity index is 834. The minimum Gasteiger partial charge on any atom is -0.478 e. The first-order valence-corrected chi connectivity index (χ1v) is 6.66. The van der Waals surface area contributed by atoms with Crippen molar-refractivity contribution >= 4 is 28.7 Å². The highest BCUT2D eigenvalue weighted by Gasteiger charge is 2.19. The van der Waals surface area contributed by atoms with Gasteiger partial charge < -0.3 is 14.9 Å². The minimum absolute atomic E-state index is 0.0186. The third kappa shape index (κ3) is 3.37. The number of ether oxygens (including phenoxy) is 1. The number of carboxylic acids is 2. The van der Waals surface area contributed by atoms with Gasteiger partial charge >= 0.3 is 17.9 Å². The van der Waals surface area contributed by atoms with Crippen LogP contribution < -0.4 is 0 Å². The van der Waals surface area contributed by atoms with E-state index in [-0.39, 0.29) is 23.3 Å². The summed E-state index contributed by atoms with van der Waals surface area (Å²) >= 11 is 0. The number of benzene rings is 2. The maximum Gasteiger partial charge on any atom is 0.337 e. The third-order valence-corrected chi connectivity index (χ3v) is 3.25. The molecule has 2 aromatic carbocycles. The maximum absolute atomic E-state index is 11.4. The Labute approximate surface area is 131 Å². The molecule has 0 atom stereocenters. The lowest BCUT2D eigenvalue weighted by atomic mass is 9.97. The SMILES string of the molecule is C=C(C)C(=O)OCc1ccc2c(C(=O)O)c(C(=O)O)ccc2c1. The molecule has 0 bridgehead atoms. The standard InChI is InChI=1S/C17H14O6/c1-9(2)17(22)23-8-10-3-5-12-11(7-10)4-6-13(15(18)19)14(12)16(20)21/h3-7H,1,8H2,2H3,(H,18,19)(H,20,21). The lowest BCUT2D eigenvalue weighted by molar-refractivity contribution is -0.140. The number of fused-ring (bicyclic) bond motifs is 1. The van der Waals surface area contributed by atoms with Gasteiger partial charge in [0.15, 0.2) is 0 Å². The Kier molecular flexibility index (Phi) is 4.45. The van der Waals surface area contributed by atoms with Crippen LogP contribution in [0.4, 0.5) is 0 Å². The number of rotatable bonds is 5. The summed E-state index contributed by atoms with van der Waals surface area (Å²) in [4.78, 5) is 33.9. The predicted octanol–water partition coefficient (Wildman–Crippen LogP) is 2.86. The van der Waals surface area contributed by atoms with Gasteiger partial charge in [0, 0.05) is 5.57 Å². The predicted molar refractivity (Wildman–Crippen MR) is 82.5 cm³/mol. The average molecular weight is 314 g/mol. The van der Waals surface area contributed by atoms with Gasteiger partial charge in [0.25, 0.3) is 0 Å². The molecule has 0 aliphatic rings. The first kappa shape index (κ1) is 16.2. The summed E-state index contributed by atoms with van der Waals surface area (Å²) in [6, 6.07) is 7.52. The fourth-order valence-corrected chi connectivity index (χ4v) is 2.15. The first-order chi connectivity index (χ1) is 10.8. The van der Waals surface area contributed by atoms with Crippen molar-refractivity contribution in [2.75, 3.05) is 0 Å². The van der Waals surface area contributed by atoms with Crippen LogP contribution in [0.3, 0.4) is 0 Å². The molecule has 0 amide bonds. The molecular formula is C17H14O6. The highest BCUT2D eigenvalue weighted by molar-refractivity contribution is 6.11. The number of carboxylic acid groups (broad SMARTS) is 2. The van der Waals surface area contributed by atoms with E-state index in [0.717, 1.165) is 0 Å². The van der Waals surface area contributed by atoms with E-state index in [9.17, 15) is 19.5 Å². The molecule has 2 aromatic rings. The lowest BCUT2D eigenvalue weighted by Gasteiger charge is -2.09. The van der Waals surface area contributed by atoms with Crippen LogP contribution in [0.15, 0.2) is 42.5 Å². The van der Waals surface area contributed by atoms with Crippen molar-refractivity contribution in [1.29, 1.82) is 0 Å². The fourth-order valence-electron chi connectivity index (χ4n) is 2.15. The Balaban J connectivity index is 2.44. The van der Waals surface area contributed by atoms with Crippen LogP contribution in [0.5, 0.6) is 0 Å². The molecule has 0 spiro atoms. The van der Waals surface area contributed by atoms with E-state index < -0.39 is 17.9 Å². The summed E-state index contributed by atoms with van der Waals surface area (Å²) in [7, 11) is 0. The summed E-state index contributed by atoms with van der Waals surface area (Å²) < 4.78 is 5.03. The molecule has 0 aliphatic carbocycles. The van der Waals surface area contributed by atoms with Crippen molar-refractivity contribution in [1.82, 2.24) is 0 Å². The molecule has 0 fully saturated rings. The maximum atomic E-state index is 11.4. The number of hydrogen-bond acceptors (Lipinski definition) is 4. The second kappa shape index (κ2) is 6.31. The van der Waals surface area contributed by atoms with Gasteiger partial charge in [-0.2, -0.15) is 0 Å². The number of hydrogen-bond donors (Lipinski definition) is 2. The van der Waals surface area contributed by atoms with Crippen LogP contribution in [-0.4, -0.2) is 28.1 Å². The zero-order chi connectivity index (χ0) is 17.1. The normalized spacial score (nSPS) is 10.3. The lowest BCUT2D eigenvalue weighted by Crippen LogP contribution is -2.09. The van der Waals surface area contributed by atoms with Crippen LogP contribution >= 0.6 is 0 Å². The molecule has 2 N–H and O–H groups in total. The number of carbonyl (C=O) groups is 3. The molecule has 118 valence electrons. The van der Waals surface area contributed by atoms with Gasteiger partial charge in [-0.3, -0.25) is 0 Å². The van der Waals surface area contributed by atoms with Crippen molar-refractivity contribution in [3.63, 3.8) is 0 Å². The van der Waals surface area contributed by atoms with Crippen molar-refractivity contribution in [2.45, 2.75) is 13.5 Å². The fraction of sp³-hybridized carbons (Fsp3) is 0.118. The monoisotopic (exact) mass is 314 g/mol. The van der Waals surface area contributed by atoms with Crippen LogP contribution in [0.25, 0.3) is 10.8 Å². The molecule has 0 heterocycles. The van der Waals surface area contributed by atoms with E-state index in [0.29, 0.717) is 16.3 Å². The molecule has 0 radical (unpaired) electrons. The molecule has 0 saturated carbocycles. The van der Waals surface area contributed by atoms with E-state index in [1.54, 1.807) is 12.1 Å². The highest BCUT2D eigenvalue weighted by Crippen LogP contribution is 2.24. The zero-order valence-electron chi connectivity index (χ0n) is 12.3. The second-order valence-corrected chi connectivity index (χ2v) is 5.01. The van der Waals surface area contributed by atoms with Crippen molar-refractivity contribution in [3.05, 3.63) is 59.2 Å². The van der Waals surface area contributed by atoms with E-state index >= 15 is 0 Å². The molecule has 0 unspecified atom stereocenters. The number of esters is 1. The zero-order valence-corrected chi connectivity index (χ0v) is 12.3. The summed E-state index contributed by atoms with van der Waals surface area (Å²) in [6.07, 6.45) is 0. The van der Waals surface area contributed by atoms with Crippen LogP contribution in [-0.2, 0) is 16.1 Å². The van der Waals surface area contributed by atoms with Crippen molar-refractivity contribution < 1.29 is 29.3 Å². The quantitative estimate of drug-likeness (QED) is 0.650. The van der Waals surface area contributed by atoms with E-state index in [2.05, 4.69) is 6.58 Å². The van der Waals surface area contributed by atoms with Gasteiger partial charge in [0.2, 0.25) is 0 Å². The van der Waals surface area contributed by atoms with Crippen LogP contribution in [0.1, 0.15) is 33.2 Å². The average Bonchev–Trinajstić information content (AvgIpc) is 2.50. The number of carbonyl (C=O) groups excluding carboxylic acids is 1.